The van der Waals surface area contributed by atoms with E-state index in [1.54, 1.807) is 0 Å². The van der Waals surface area contributed by atoms with Gasteiger partial charge in [0.2, 0.25) is 0 Å². The van der Waals surface area contributed by atoms with E-state index in [-0.39, 0.29) is 5.41 Å². The second-order valence-corrected chi connectivity index (χ2v) is 7.08. The van der Waals surface area contributed by atoms with E-state index in [2.05, 4.69) is 59.8 Å². The van der Waals surface area contributed by atoms with Crippen LogP contribution in [0.3, 0.4) is 0 Å². The highest BCUT2D eigenvalue weighted by atomic mass is 79.9. The molecule has 2 rings (SSSR count). The van der Waals surface area contributed by atoms with E-state index in [9.17, 15) is 0 Å². The van der Waals surface area contributed by atoms with Crippen molar-refractivity contribution < 1.29 is 0 Å². The van der Waals surface area contributed by atoms with E-state index in [0.717, 1.165) is 30.5 Å². The fourth-order valence-corrected chi connectivity index (χ4v) is 3.17. The van der Waals surface area contributed by atoms with Gasteiger partial charge in [-0.3, -0.25) is 4.90 Å². The Balaban J connectivity index is 2.06. The average Bonchev–Trinajstić information content (AvgIpc) is 2.27. The zero-order valence-corrected chi connectivity index (χ0v) is 13.1. The maximum atomic E-state index is 6.19. The van der Waals surface area contributed by atoms with Gasteiger partial charge < -0.3 is 5.73 Å². The first-order valence-electron chi connectivity index (χ1n) is 6.61. The summed E-state index contributed by atoms with van der Waals surface area (Å²) in [6.45, 7) is 9.97. The molecule has 0 saturated carbocycles. The van der Waals surface area contributed by atoms with E-state index >= 15 is 0 Å². The first kappa shape index (κ1) is 14.0. The van der Waals surface area contributed by atoms with Crippen molar-refractivity contribution in [3.05, 3.63) is 33.8 Å². The minimum atomic E-state index is 0.224. The molecule has 3 heteroatoms. The van der Waals surface area contributed by atoms with Gasteiger partial charge in [0, 0.05) is 30.1 Å². The Morgan fingerprint density at radius 3 is 2.78 bits per heavy atom. The second-order valence-electron chi connectivity index (χ2n) is 6.17. The Bertz CT molecular complexity index is 429. The first-order valence-corrected chi connectivity index (χ1v) is 7.41. The quantitative estimate of drug-likeness (QED) is 0.908. The summed E-state index contributed by atoms with van der Waals surface area (Å²) >= 11 is 3.52. The van der Waals surface area contributed by atoms with Gasteiger partial charge in [-0.05, 0) is 42.0 Å². The molecule has 0 aliphatic carbocycles. The summed E-state index contributed by atoms with van der Waals surface area (Å²) < 4.78 is 1.16. The average molecular weight is 311 g/mol. The van der Waals surface area contributed by atoms with Crippen LogP contribution in [-0.4, -0.2) is 24.0 Å². The number of likely N-dealkylation sites (tertiary alicyclic amines) is 1. The monoisotopic (exact) mass is 310 g/mol. The molecule has 18 heavy (non-hydrogen) atoms. The third-order valence-electron chi connectivity index (χ3n) is 4.09. The fraction of sp³-hybridized carbons (Fsp3) is 0.600. The fourth-order valence-electron chi connectivity index (χ4n) is 2.70. The molecule has 0 aromatic heterocycles. The Labute approximate surface area is 119 Å². The van der Waals surface area contributed by atoms with Crippen LogP contribution in [0.25, 0.3) is 0 Å². The number of hydrogen-bond acceptors (Lipinski definition) is 2. The van der Waals surface area contributed by atoms with Crippen molar-refractivity contribution in [1.82, 2.24) is 4.90 Å². The summed E-state index contributed by atoms with van der Waals surface area (Å²) in [7, 11) is 0. The van der Waals surface area contributed by atoms with Crippen LogP contribution in [0.4, 0.5) is 0 Å². The Kier molecular flexibility index (Phi) is 4.15. The van der Waals surface area contributed by atoms with Gasteiger partial charge in [0.25, 0.3) is 0 Å². The molecule has 0 bridgehead atoms. The molecule has 2 N–H and O–H groups in total. The highest BCUT2D eigenvalue weighted by Gasteiger charge is 2.33. The van der Waals surface area contributed by atoms with Crippen LogP contribution in [0.15, 0.2) is 22.7 Å². The van der Waals surface area contributed by atoms with Crippen LogP contribution in [0.2, 0.25) is 0 Å². The van der Waals surface area contributed by atoms with Crippen LogP contribution in [-0.2, 0) is 6.54 Å². The smallest absolute Gasteiger partial charge is 0.0236 e. The molecule has 1 aromatic carbocycles. The van der Waals surface area contributed by atoms with Gasteiger partial charge in [-0.15, -0.1) is 0 Å². The van der Waals surface area contributed by atoms with Crippen molar-refractivity contribution >= 4 is 15.9 Å². The summed E-state index contributed by atoms with van der Waals surface area (Å²) in [6.07, 6.45) is 1.10. The van der Waals surface area contributed by atoms with Crippen molar-refractivity contribution in [1.29, 1.82) is 0 Å². The van der Waals surface area contributed by atoms with Gasteiger partial charge >= 0.3 is 0 Å². The number of aryl methyl sites for hydroxylation is 1. The SMILES string of the molecule is Cc1cc(Br)ccc1CN1CCC(N)C(C)(C)C1. The van der Waals surface area contributed by atoms with E-state index in [0.29, 0.717) is 6.04 Å². The van der Waals surface area contributed by atoms with Gasteiger partial charge in [0.15, 0.2) is 0 Å². The molecule has 0 amide bonds. The molecule has 1 atom stereocenters. The van der Waals surface area contributed by atoms with Crippen LogP contribution in [0.5, 0.6) is 0 Å². The van der Waals surface area contributed by atoms with Gasteiger partial charge in [0.1, 0.15) is 0 Å². The van der Waals surface area contributed by atoms with Gasteiger partial charge in [0.05, 0.1) is 0 Å². The molecule has 100 valence electrons. The van der Waals surface area contributed by atoms with E-state index in [1.165, 1.54) is 11.1 Å². The number of hydrogen-bond donors (Lipinski definition) is 1. The first-order chi connectivity index (χ1) is 8.38. The molecule has 1 heterocycles. The Hall–Kier alpha value is -0.380. The predicted molar refractivity (Wildman–Crippen MR) is 80.5 cm³/mol. The number of nitrogens with two attached hydrogens (primary N) is 1. The zero-order chi connectivity index (χ0) is 13.3. The molecular formula is C15H23BrN2. The number of halogens is 1. The minimum absolute atomic E-state index is 0.224. The zero-order valence-electron chi connectivity index (χ0n) is 11.5. The minimum Gasteiger partial charge on any atom is -0.327 e. The largest absolute Gasteiger partial charge is 0.327 e. The normalized spacial score (nSPS) is 24.2. The second kappa shape index (κ2) is 5.32. The van der Waals surface area contributed by atoms with Crippen molar-refractivity contribution in [3.8, 4) is 0 Å². The molecule has 1 saturated heterocycles. The van der Waals surface area contributed by atoms with Gasteiger partial charge in [-0.25, -0.2) is 0 Å². The standard InChI is InChI=1S/C15H23BrN2/c1-11-8-13(16)5-4-12(11)9-18-7-6-14(17)15(2,3)10-18/h4-5,8,14H,6-7,9-10,17H2,1-3H3. The third kappa shape index (κ3) is 3.14. The molecule has 0 spiro atoms. The number of nitrogens with zero attached hydrogens (tertiary/aromatic N) is 1. The van der Waals surface area contributed by atoms with Crippen molar-refractivity contribution in [2.45, 2.75) is 39.8 Å². The van der Waals surface area contributed by atoms with Crippen LogP contribution >= 0.6 is 15.9 Å². The lowest BCUT2D eigenvalue weighted by atomic mass is 9.79. The topological polar surface area (TPSA) is 29.3 Å². The van der Waals surface area contributed by atoms with Gasteiger partial charge in [-0.2, -0.15) is 0 Å². The molecule has 1 aliphatic heterocycles. The van der Waals surface area contributed by atoms with Crippen LogP contribution in [0, 0.1) is 12.3 Å². The molecule has 1 fully saturated rings. The molecule has 1 aliphatic rings. The Morgan fingerprint density at radius 2 is 2.17 bits per heavy atom. The summed E-state index contributed by atoms with van der Waals surface area (Å²) in [5.74, 6) is 0. The maximum Gasteiger partial charge on any atom is 0.0236 e. The highest BCUT2D eigenvalue weighted by Crippen LogP contribution is 2.29. The lowest BCUT2D eigenvalue weighted by Gasteiger charge is -2.42. The maximum absolute atomic E-state index is 6.19. The summed E-state index contributed by atoms with van der Waals surface area (Å²) in [5.41, 5.74) is 9.19. The number of piperidine rings is 1. The predicted octanol–water partition coefficient (Wildman–Crippen LogP) is 3.32. The van der Waals surface area contributed by atoms with Crippen LogP contribution in [0.1, 0.15) is 31.4 Å². The van der Waals surface area contributed by atoms with Crippen LogP contribution < -0.4 is 5.73 Å². The summed E-state index contributed by atoms with van der Waals surface area (Å²) in [4.78, 5) is 2.53. The van der Waals surface area contributed by atoms with E-state index < -0.39 is 0 Å². The summed E-state index contributed by atoms with van der Waals surface area (Å²) in [5, 5.41) is 0. The molecular weight excluding hydrogens is 288 g/mol. The lowest BCUT2D eigenvalue weighted by molar-refractivity contribution is 0.0897. The molecule has 1 unspecified atom stereocenters. The molecule has 0 radical (unpaired) electrons. The highest BCUT2D eigenvalue weighted by molar-refractivity contribution is 9.10. The van der Waals surface area contributed by atoms with E-state index in [1.807, 2.05) is 0 Å². The third-order valence-corrected chi connectivity index (χ3v) is 4.58. The lowest BCUT2D eigenvalue weighted by Crippen LogP contribution is -2.52. The van der Waals surface area contributed by atoms with Gasteiger partial charge in [-0.1, -0.05) is 35.8 Å². The number of benzene rings is 1. The van der Waals surface area contributed by atoms with Crippen molar-refractivity contribution in [2.24, 2.45) is 11.1 Å². The van der Waals surface area contributed by atoms with Crippen molar-refractivity contribution in [3.63, 3.8) is 0 Å². The molecule has 2 nitrogen and oxygen atoms in total. The van der Waals surface area contributed by atoms with Crippen molar-refractivity contribution in [2.75, 3.05) is 13.1 Å². The summed E-state index contributed by atoms with van der Waals surface area (Å²) in [6, 6.07) is 6.88. The molecule has 1 aromatic rings. The Morgan fingerprint density at radius 1 is 1.44 bits per heavy atom. The van der Waals surface area contributed by atoms with E-state index in [4.69, 9.17) is 5.73 Å². The number of rotatable bonds is 2.